The summed E-state index contributed by atoms with van der Waals surface area (Å²) in [6.45, 7) is 3.50. The molecule has 5 nitrogen and oxygen atoms in total. The summed E-state index contributed by atoms with van der Waals surface area (Å²) in [5, 5.41) is 0.327. The van der Waals surface area contributed by atoms with Crippen LogP contribution >= 0.6 is 11.6 Å². The molecule has 4 rings (SSSR count). The van der Waals surface area contributed by atoms with E-state index in [4.69, 9.17) is 11.6 Å². The topological polar surface area (TPSA) is 69.0 Å². The number of rotatable bonds is 4. The molecular weight excluding hydrogens is 439 g/mol. The number of hydrogen-bond donors (Lipinski definition) is 0. The number of aromatic nitrogens is 2. The summed E-state index contributed by atoms with van der Waals surface area (Å²) >= 11 is 6.18. The first-order valence-corrected chi connectivity index (χ1v) is 11.3. The van der Waals surface area contributed by atoms with Gasteiger partial charge in [-0.1, -0.05) is 35.4 Å². The fraction of sp³-hybridized carbons (Fsp3) is 0.130. The Bertz CT molecular complexity index is 1460. The first-order chi connectivity index (χ1) is 14.7. The van der Waals surface area contributed by atoms with E-state index >= 15 is 0 Å². The minimum atomic E-state index is -4.11. The van der Waals surface area contributed by atoms with E-state index in [1.807, 2.05) is 6.92 Å². The zero-order chi connectivity index (χ0) is 22.3. The van der Waals surface area contributed by atoms with Crippen LogP contribution in [0.3, 0.4) is 0 Å². The lowest BCUT2D eigenvalue weighted by Gasteiger charge is -2.15. The smallest absolute Gasteiger partial charge is 0.211 e. The van der Waals surface area contributed by atoms with Gasteiger partial charge in [-0.25, -0.2) is 17.8 Å². The molecule has 0 saturated carbocycles. The van der Waals surface area contributed by atoms with E-state index in [0.29, 0.717) is 5.69 Å². The molecule has 2 heterocycles. The van der Waals surface area contributed by atoms with Gasteiger partial charge in [-0.15, -0.1) is 0 Å². The molecule has 0 atom stereocenters. The second-order valence-electron chi connectivity index (χ2n) is 7.29. The number of sulfone groups is 1. The van der Waals surface area contributed by atoms with Crippen LogP contribution in [0.5, 0.6) is 0 Å². The van der Waals surface area contributed by atoms with Gasteiger partial charge in [0.05, 0.1) is 16.8 Å². The van der Waals surface area contributed by atoms with Gasteiger partial charge < -0.3 is 4.57 Å². The van der Waals surface area contributed by atoms with Crippen LogP contribution in [0.25, 0.3) is 11.0 Å². The quantitative estimate of drug-likeness (QED) is 0.447. The van der Waals surface area contributed by atoms with Crippen LogP contribution in [-0.2, 0) is 16.4 Å². The summed E-state index contributed by atoms with van der Waals surface area (Å²) < 4.78 is 42.4. The Morgan fingerprint density at radius 2 is 1.74 bits per heavy atom. The van der Waals surface area contributed by atoms with Crippen LogP contribution < -0.4 is 5.43 Å². The van der Waals surface area contributed by atoms with Crippen LogP contribution in [0.1, 0.15) is 16.8 Å². The third-order valence-corrected chi connectivity index (χ3v) is 7.16. The van der Waals surface area contributed by atoms with Crippen molar-refractivity contribution in [1.29, 1.82) is 0 Å². The largest absolute Gasteiger partial charge is 0.326 e. The number of pyridine rings is 2. The van der Waals surface area contributed by atoms with Crippen LogP contribution in [0, 0.1) is 19.7 Å². The molecule has 0 aliphatic heterocycles. The Balaban J connectivity index is 2.00. The van der Waals surface area contributed by atoms with Crippen molar-refractivity contribution in [1.82, 2.24) is 9.55 Å². The highest BCUT2D eigenvalue weighted by molar-refractivity contribution is 7.91. The molecule has 0 bridgehead atoms. The molecule has 4 aromatic rings. The summed E-state index contributed by atoms with van der Waals surface area (Å²) in [5.41, 5.74) is 1.31. The molecule has 0 fully saturated rings. The molecule has 8 heteroatoms. The molecule has 0 unspecified atom stereocenters. The maximum atomic E-state index is 14.4. The molecular formula is C23H18ClFN2O3S. The fourth-order valence-corrected chi connectivity index (χ4v) is 4.93. The van der Waals surface area contributed by atoms with Crippen molar-refractivity contribution in [2.45, 2.75) is 30.2 Å². The van der Waals surface area contributed by atoms with Crippen molar-refractivity contribution >= 4 is 32.5 Å². The first kappa shape index (κ1) is 21.2. The third-order valence-electron chi connectivity index (χ3n) is 5.04. The summed E-state index contributed by atoms with van der Waals surface area (Å²) in [4.78, 5) is 17.1. The van der Waals surface area contributed by atoms with E-state index in [2.05, 4.69) is 4.98 Å². The molecule has 158 valence electrons. The molecule has 0 amide bonds. The molecule has 0 aliphatic carbocycles. The highest BCUT2D eigenvalue weighted by Crippen LogP contribution is 2.25. The van der Waals surface area contributed by atoms with Crippen molar-refractivity contribution in [3.8, 4) is 0 Å². The summed E-state index contributed by atoms with van der Waals surface area (Å²) in [5.74, 6) is -0.532. The van der Waals surface area contributed by atoms with Crippen molar-refractivity contribution < 1.29 is 12.8 Å². The van der Waals surface area contributed by atoms with Crippen molar-refractivity contribution in [3.63, 3.8) is 0 Å². The number of fused-ring (bicyclic) bond motifs is 1. The highest BCUT2D eigenvalue weighted by Gasteiger charge is 2.24. The van der Waals surface area contributed by atoms with Gasteiger partial charge >= 0.3 is 0 Å². The molecule has 0 saturated heterocycles. The van der Waals surface area contributed by atoms with Crippen molar-refractivity contribution in [2.24, 2.45) is 0 Å². The van der Waals surface area contributed by atoms with Crippen LogP contribution in [0.2, 0.25) is 5.02 Å². The van der Waals surface area contributed by atoms with E-state index in [-0.39, 0.29) is 33.1 Å². The molecule has 0 radical (unpaired) electrons. The summed E-state index contributed by atoms with van der Waals surface area (Å²) in [7, 11) is -4.11. The first-order valence-electron chi connectivity index (χ1n) is 9.44. The van der Waals surface area contributed by atoms with Gasteiger partial charge in [-0.2, -0.15) is 0 Å². The number of benzene rings is 2. The average molecular weight is 457 g/mol. The normalized spacial score (nSPS) is 11.7. The molecule has 31 heavy (non-hydrogen) atoms. The Morgan fingerprint density at radius 1 is 1.03 bits per heavy atom. The maximum Gasteiger partial charge on any atom is 0.211 e. The van der Waals surface area contributed by atoms with Gasteiger partial charge in [0.2, 0.25) is 15.3 Å². The molecule has 0 N–H and O–H groups in total. The van der Waals surface area contributed by atoms with Gasteiger partial charge in [-0.3, -0.25) is 4.79 Å². The number of aryl methyl sites for hydroxylation is 2. The Morgan fingerprint density at radius 3 is 2.42 bits per heavy atom. The second-order valence-corrected chi connectivity index (χ2v) is 9.62. The second kappa shape index (κ2) is 7.90. The van der Waals surface area contributed by atoms with E-state index < -0.39 is 26.0 Å². The predicted molar refractivity (Wildman–Crippen MR) is 118 cm³/mol. The standard InChI is InChI=1S/C23H18ClFN2O3S/c1-14-6-9-16(10-7-14)31(29,30)21-13-27(12-18-19(24)4-3-5-20(18)25)23-17(22(21)28)11-8-15(2)26-23/h3-11,13H,12H2,1-2H3. The van der Waals surface area contributed by atoms with Gasteiger partial charge in [0, 0.05) is 22.5 Å². The van der Waals surface area contributed by atoms with Gasteiger partial charge in [0.15, 0.2) is 0 Å². The summed E-state index contributed by atoms with van der Waals surface area (Å²) in [6.07, 6.45) is 1.22. The average Bonchev–Trinajstić information content (AvgIpc) is 2.72. The van der Waals surface area contributed by atoms with Gasteiger partial charge in [0.25, 0.3) is 0 Å². The molecule has 2 aromatic heterocycles. The van der Waals surface area contributed by atoms with Crippen molar-refractivity contribution in [3.05, 3.63) is 98.7 Å². The zero-order valence-electron chi connectivity index (χ0n) is 16.8. The van der Waals surface area contributed by atoms with E-state index in [9.17, 15) is 17.6 Å². The van der Waals surface area contributed by atoms with Crippen molar-refractivity contribution in [2.75, 3.05) is 0 Å². The van der Waals surface area contributed by atoms with E-state index in [1.54, 1.807) is 31.2 Å². The lowest BCUT2D eigenvalue weighted by Crippen LogP contribution is -2.20. The van der Waals surface area contributed by atoms with E-state index in [1.165, 1.54) is 41.1 Å². The van der Waals surface area contributed by atoms with E-state index in [0.717, 1.165) is 5.56 Å². The lowest BCUT2D eigenvalue weighted by atomic mass is 10.2. The highest BCUT2D eigenvalue weighted by atomic mass is 35.5. The number of halogens is 2. The number of nitrogens with zero attached hydrogens (tertiary/aromatic N) is 2. The molecule has 2 aromatic carbocycles. The Hall–Kier alpha value is -3.03. The molecule has 0 spiro atoms. The lowest BCUT2D eigenvalue weighted by molar-refractivity contribution is 0.591. The Labute approximate surface area is 183 Å². The number of hydrogen-bond acceptors (Lipinski definition) is 4. The Kier molecular flexibility index (Phi) is 5.41. The summed E-state index contributed by atoms with van der Waals surface area (Å²) in [6, 6.07) is 13.7. The minimum absolute atomic E-state index is 0.00472. The minimum Gasteiger partial charge on any atom is -0.326 e. The van der Waals surface area contributed by atoms with Crippen LogP contribution in [-0.4, -0.2) is 18.0 Å². The van der Waals surface area contributed by atoms with Gasteiger partial charge in [0.1, 0.15) is 16.4 Å². The monoisotopic (exact) mass is 456 g/mol. The third kappa shape index (κ3) is 3.86. The van der Waals surface area contributed by atoms with Crippen LogP contribution in [0.4, 0.5) is 4.39 Å². The maximum absolute atomic E-state index is 14.4. The fourth-order valence-electron chi connectivity index (χ4n) is 3.34. The SMILES string of the molecule is Cc1ccc(S(=O)(=O)c2cn(Cc3c(F)cccc3Cl)c3nc(C)ccc3c2=O)cc1. The predicted octanol–water partition coefficient (Wildman–Crippen LogP) is 4.69. The van der Waals surface area contributed by atoms with Crippen LogP contribution in [0.15, 0.2) is 75.4 Å². The molecule has 0 aliphatic rings. The van der Waals surface area contributed by atoms with Gasteiger partial charge in [-0.05, 0) is 50.2 Å². The zero-order valence-corrected chi connectivity index (χ0v) is 18.3.